The Morgan fingerprint density at radius 3 is 2.30 bits per heavy atom. The van der Waals surface area contributed by atoms with Crippen molar-refractivity contribution in [3.63, 3.8) is 0 Å². The molecule has 0 fully saturated rings. The molecule has 0 radical (unpaired) electrons. The van der Waals surface area contributed by atoms with E-state index >= 15 is 0 Å². The van der Waals surface area contributed by atoms with Crippen molar-refractivity contribution in [1.82, 2.24) is 0 Å². The molecule has 0 aliphatic heterocycles. The summed E-state index contributed by atoms with van der Waals surface area (Å²) in [6.45, 7) is 1.12. The van der Waals surface area contributed by atoms with Crippen LogP contribution in [-0.2, 0) is 4.74 Å². The summed E-state index contributed by atoms with van der Waals surface area (Å²) in [5.41, 5.74) is -6.56. The van der Waals surface area contributed by atoms with Crippen LogP contribution in [0, 0.1) is 11.3 Å². The first-order chi connectivity index (χ1) is 10.5. The van der Waals surface area contributed by atoms with Crippen LogP contribution < -0.4 is 4.74 Å². The molecule has 4 nitrogen and oxygen atoms in total. The summed E-state index contributed by atoms with van der Waals surface area (Å²) in [4.78, 5) is 11.0. The Bertz CT molecular complexity index is 635. The average Bonchev–Trinajstić information content (AvgIpc) is 2.36. The number of nitrogens with zero attached hydrogens (tertiary/aromatic N) is 1. The maximum absolute atomic E-state index is 12.4. The third kappa shape index (κ3) is 5.90. The zero-order valence-electron chi connectivity index (χ0n) is 11.2. The average molecular weight is 359 g/mol. The fraction of sp³-hybridized carbons (Fsp3) is 0.333. The third-order valence-electron chi connectivity index (χ3n) is 2.13. The van der Waals surface area contributed by atoms with Gasteiger partial charge in [-0.05, 0) is 30.8 Å². The molecule has 11 heteroatoms. The highest BCUT2D eigenvalue weighted by atomic mass is 32.2. The van der Waals surface area contributed by atoms with Gasteiger partial charge in [-0.1, -0.05) is 0 Å². The second-order valence-electron chi connectivity index (χ2n) is 3.78. The molecule has 0 saturated carbocycles. The van der Waals surface area contributed by atoms with Gasteiger partial charge >= 0.3 is 17.8 Å². The Balaban J connectivity index is 3.47. The Labute approximate surface area is 130 Å². The van der Waals surface area contributed by atoms with E-state index in [-0.39, 0.29) is 6.61 Å². The summed E-state index contributed by atoms with van der Waals surface area (Å²) in [5, 5.41) is 8.83. The second-order valence-corrected chi connectivity index (χ2v) is 4.91. The number of esters is 1. The van der Waals surface area contributed by atoms with Gasteiger partial charge in [0, 0.05) is 4.90 Å². The highest BCUT2D eigenvalue weighted by Crippen LogP contribution is 2.40. The molecule has 126 valence electrons. The lowest BCUT2D eigenvalue weighted by Gasteiger charge is -2.15. The Morgan fingerprint density at radius 1 is 1.26 bits per heavy atom. The molecule has 0 bridgehead atoms. The van der Waals surface area contributed by atoms with Gasteiger partial charge in [0.2, 0.25) is 0 Å². The number of hydrogen-bond donors (Lipinski definition) is 0. The monoisotopic (exact) mass is 359 g/mol. The number of rotatable bonds is 4. The van der Waals surface area contributed by atoms with E-state index in [1.807, 2.05) is 0 Å². The summed E-state index contributed by atoms with van der Waals surface area (Å²) < 4.78 is 82.4. The normalized spacial score (nSPS) is 11.7. The van der Waals surface area contributed by atoms with Crippen LogP contribution in [0.5, 0.6) is 5.75 Å². The number of hydrogen-bond acceptors (Lipinski definition) is 5. The minimum atomic E-state index is -5.24. The van der Waals surface area contributed by atoms with Crippen LogP contribution in [-0.4, -0.2) is 24.4 Å². The topological polar surface area (TPSA) is 59.3 Å². The second kappa shape index (κ2) is 6.99. The van der Waals surface area contributed by atoms with Crippen LogP contribution in [0.2, 0.25) is 0 Å². The third-order valence-corrected chi connectivity index (χ3v) is 2.83. The maximum Gasteiger partial charge on any atom is 0.573 e. The zero-order chi connectivity index (χ0) is 17.8. The molecule has 0 aliphatic rings. The predicted molar refractivity (Wildman–Crippen MR) is 65.7 cm³/mol. The number of alkyl halides is 6. The van der Waals surface area contributed by atoms with E-state index in [0.29, 0.717) is 12.1 Å². The molecule has 1 aromatic carbocycles. The van der Waals surface area contributed by atoms with E-state index in [1.54, 1.807) is 0 Å². The summed E-state index contributed by atoms with van der Waals surface area (Å²) in [6, 6.07) is 2.34. The molecule has 0 heterocycles. The van der Waals surface area contributed by atoms with Crippen LogP contribution in [0.1, 0.15) is 22.8 Å². The molecule has 0 saturated heterocycles. The number of nitriles is 1. The van der Waals surface area contributed by atoms with Crippen LogP contribution >= 0.6 is 11.8 Å². The molecule has 0 spiro atoms. The van der Waals surface area contributed by atoms with Crippen molar-refractivity contribution >= 4 is 17.7 Å². The van der Waals surface area contributed by atoms with Crippen LogP contribution in [0.25, 0.3) is 0 Å². The van der Waals surface area contributed by atoms with Crippen LogP contribution in [0.3, 0.4) is 0 Å². The van der Waals surface area contributed by atoms with Gasteiger partial charge in [0.25, 0.3) is 0 Å². The van der Waals surface area contributed by atoms with E-state index in [9.17, 15) is 31.1 Å². The number of thioether (sulfide) groups is 1. The molecule has 0 atom stereocenters. The first-order valence-corrected chi connectivity index (χ1v) is 6.55. The first kappa shape index (κ1) is 19.0. The maximum atomic E-state index is 12.4. The van der Waals surface area contributed by atoms with Crippen LogP contribution in [0.4, 0.5) is 26.3 Å². The molecular weight excluding hydrogens is 352 g/mol. The molecule has 1 aromatic rings. The summed E-state index contributed by atoms with van der Waals surface area (Å²) >= 11 is -0.689. The highest BCUT2D eigenvalue weighted by molar-refractivity contribution is 8.00. The van der Waals surface area contributed by atoms with Crippen molar-refractivity contribution in [3.05, 3.63) is 23.3 Å². The summed E-state index contributed by atoms with van der Waals surface area (Å²) in [7, 11) is 0. The minimum Gasteiger partial charge on any atom is -0.462 e. The van der Waals surface area contributed by atoms with E-state index in [4.69, 9.17) is 5.26 Å². The van der Waals surface area contributed by atoms with Crippen LogP contribution in [0.15, 0.2) is 17.0 Å². The Morgan fingerprint density at radius 2 is 1.87 bits per heavy atom. The predicted octanol–water partition coefficient (Wildman–Crippen LogP) is 4.25. The largest absolute Gasteiger partial charge is 0.573 e. The zero-order valence-corrected chi connectivity index (χ0v) is 12.0. The first-order valence-electron chi connectivity index (χ1n) is 5.73. The number of carbonyl (C=O) groups is 1. The van der Waals surface area contributed by atoms with E-state index in [0.717, 1.165) is 0 Å². The fourth-order valence-corrected chi connectivity index (χ4v) is 2.08. The number of carbonyl (C=O) groups excluding carboxylic acids is 1. The number of benzene rings is 1. The highest BCUT2D eigenvalue weighted by Gasteiger charge is 2.36. The lowest BCUT2D eigenvalue weighted by molar-refractivity contribution is -0.274. The van der Waals surface area contributed by atoms with Gasteiger partial charge in [-0.3, -0.25) is 0 Å². The molecule has 0 N–H and O–H groups in total. The Kier molecular flexibility index (Phi) is 5.76. The van der Waals surface area contributed by atoms with E-state index in [1.165, 1.54) is 13.0 Å². The fourth-order valence-electron chi connectivity index (χ4n) is 1.46. The van der Waals surface area contributed by atoms with Crippen molar-refractivity contribution < 1.29 is 40.6 Å². The van der Waals surface area contributed by atoms with E-state index < -0.39 is 51.4 Å². The molecule has 0 aliphatic carbocycles. The summed E-state index contributed by atoms with van der Waals surface area (Å²) in [6.07, 6.45) is -5.24. The van der Waals surface area contributed by atoms with Gasteiger partial charge in [-0.25, -0.2) is 4.79 Å². The number of halogens is 6. The van der Waals surface area contributed by atoms with Gasteiger partial charge in [0.1, 0.15) is 11.6 Å². The lowest BCUT2D eigenvalue weighted by Crippen LogP contribution is -2.20. The standard InChI is InChI=1S/C12H7F6NO3S/c1-2-21-10(20)8-4-7(23-12(16,17)18)3-6(5-19)9(8)22-11(13,14)15/h3-4H,2H2,1H3. The molecule has 0 amide bonds. The van der Waals surface area contributed by atoms with Crippen molar-refractivity contribution in [2.45, 2.75) is 23.7 Å². The van der Waals surface area contributed by atoms with Crippen molar-refractivity contribution in [3.8, 4) is 11.8 Å². The van der Waals surface area contributed by atoms with Gasteiger partial charge < -0.3 is 9.47 Å². The van der Waals surface area contributed by atoms with Gasteiger partial charge in [-0.15, -0.1) is 13.2 Å². The SMILES string of the molecule is CCOC(=O)c1cc(SC(F)(F)F)cc(C#N)c1OC(F)(F)F. The molecule has 23 heavy (non-hydrogen) atoms. The smallest absolute Gasteiger partial charge is 0.462 e. The van der Waals surface area contributed by atoms with Gasteiger partial charge in [0.15, 0.2) is 5.75 Å². The molecule has 1 rings (SSSR count). The van der Waals surface area contributed by atoms with Gasteiger partial charge in [0.05, 0.1) is 12.2 Å². The quantitative estimate of drug-likeness (QED) is 0.457. The van der Waals surface area contributed by atoms with Crippen molar-refractivity contribution in [1.29, 1.82) is 5.26 Å². The Hall–Kier alpha value is -2.09. The van der Waals surface area contributed by atoms with E-state index in [2.05, 4.69) is 9.47 Å². The van der Waals surface area contributed by atoms with Crippen molar-refractivity contribution in [2.75, 3.05) is 6.61 Å². The molecule has 0 unspecified atom stereocenters. The molecule has 0 aromatic heterocycles. The van der Waals surface area contributed by atoms with Gasteiger partial charge in [-0.2, -0.15) is 18.4 Å². The minimum absolute atomic E-state index is 0.233. The lowest BCUT2D eigenvalue weighted by atomic mass is 10.1. The molecular formula is C12H7F6NO3S. The number of ether oxygens (including phenoxy) is 2. The summed E-state index contributed by atoms with van der Waals surface area (Å²) in [5.74, 6) is -2.54. The van der Waals surface area contributed by atoms with Crippen molar-refractivity contribution in [2.24, 2.45) is 0 Å².